The van der Waals surface area contributed by atoms with Gasteiger partial charge in [-0.05, 0) is 54.8 Å². The third-order valence-electron chi connectivity index (χ3n) is 3.72. The van der Waals surface area contributed by atoms with Gasteiger partial charge in [0, 0.05) is 5.69 Å². The van der Waals surface area contributed by atoms with Crippen molar-refractivity contribution in [3.05, 3.63) is 54.1 Å². The summed E-state index contributed by atoms with van der Waals surface area (Å²) in [6.07, 6.45) is 0. The van der Waals surface area contributed by atoms with E-state index in [9.17, 15) is 4.79 Å². The fourth-order valence-corrected chi connectivity index (χ4v) is 2.03. The van der Waals surface area contributed by atoms with Crippen molar-refractivity contribution in [3.63, 3.8) is 0 Å². The van der Waals surface area contributed by atoms with Gasteiger partial charge in [-0.3, -0.25) is 4.79 Å². The second kappa shape index (κ2) is 7.47. The molecule has 0 unspecified atom stereocenters. The first kappa shape index (κ1) is 18.0. The van der Waals surface area contributed by atoms with Crippen molar-refractivity contribution in [1.29, 1.82) is 0 Å². The molecule has 5 heteroatoms. The quantitative estimate of drug-likeness (QED) is 0.760. The number of aliphatic hydroxyl groups excluding tert-OH is 1. The molecule has 0 aliphatic heterocycles. The maximum absolute atomic E-state index is 11.9. The van der Waals surface area contributed by atoms with Gasteiger partial charge in [0.1, 0.15) is 17.0 Å². The number of carbonyl (C=O) groups is 1. The highest BCUT2D eigenvalue weighted by Gasteiger charge is 2.27. The molecule has 5 nitrogen and oxygen atoms in total. The van der Waals surface area contributed by atoms with E-state index in [1.165, 1.54) is 12.5 Å². The van der Waals surface area contributed by atoms with Gasteiger partial charge < -0.3 is 20.9 Å². The number of nitrogens with one attached hydrogen (secondary N) is 1. The number of carbonyl (C=O) groups excluding carboxylic acids is 1. The molecule has 0 fully saturated rings. The van der Waals surface area contributed by atoms with Crippen molar-refractivity contribution in [3.8, 4) is 11.5 Å². The minimum absolute atomic E-state index is 0.424. The summed E-state index contributed by atoms with van der Waals surface area (Å²) in [5.74, 6) is 1.44. The molecule has 0 spiro atoms. The zero-order valence-corrected chi connectivity index (χ0v) is 14.2. The lowest BCUT2D eigenvalue weighted by atomic mass is 10.0. The second-order valence-corrected chi connectivity index (χ2v) is 6.38. The molecular formula is C19H24N2O3. The standard InChI is InChI=1S/C19H24N2O3/c1-13(2)14-5-4-6-17(11-14)24-16-9-7-15(8-10-16)21-18(23)19(3,20)12-22/h4-11,13,22H,12,20H2,1-3H3,(H,21,23)/t19-/m0/s1. The van der Waals surface area contributed by atoms with Gasteiger partial charge in [-0.1, -0.05) is 26.0 Å². The lowest BCUT2D eigenvalue weighted by molar-refractivity contribution is -0.121. The molecule has 4 N–H and O–H groups in total. The molecular weight excluding hydrogens is 304 g/mol. The van der Waals surface area contributed by atoms with Gasteiger partial charge in [0.25, 0.3) is 0 Å². The summed E-state index contributed by atoms with van der Waals surface area (Å²) in [5.41, 5.74) is 6.18. The average Bonchev–Trinajstić information content (AvgIpc) is 2.56. The number of hydrogen-bond acceptors (Lipinski definition) is 4. The topological polar surface area (TPSA) is 84.6 Å². The van der Waals surface area contributed by atoms with Crippen LogP contribution < -0.4 is 15.8 Å². The van der Waals surface area contributed by atoms with Crippen LogP contribution in [0.4, 0.5) is 5.69 Å². The fourth-order valence-electron chi connectivity index (χ4n) is 2.03. The van der Waals surface area contributed by atoms with Crippen LogP contribution in [0.3, 0.4) is 0 Å². The molecule has 128 valence electrons. The Balaban J connectivity index is 2.05. The first-order chi connectivity index (χ1) is 11.3. The van der Waals surface area contributed by atoms with Crippen molar-refractivity contribution in [1.82, 2.24) is 0 Å². The van der Waals surface area contributed by atoms with E-state index in [0.717, 1.165) is 5.75 Å². The summed E-state index contributed by atoms with van der Waals surface area (Å²) in [7, 11) is 0. The second-order valence-electron chi connectivity index (χ2n) is 6.38. The molecule has 0 radical (unpaired) electrons. The normalized spacial score (nSPS) is 13.4. The highest BCUT2D eigenvalue weighted by Crippen LogP contribution is 2.26. The van der Waals surface area contributed by atoms with E-state index in [1.807, 2.05) is 18.2 Å². The van der Waals surface area contributed by atoms with Crippen LogP contribution in [-0.4, -0.2) is 23.2 Å². The summed E-state index contributed by atoms with van der Waals surface area (Å²) in [6, 6.07) is 15.0. The first-order valence-corrected chi connectivity index (χ1v) is 7.91. The molecule has 1 amide bonds. The highest BCUT2D eigenvalue weighted by atomic mass is 16.5. The van der Waals surface area contributed by atoms with Gasteiger partial charge in [-0.15, -0.1) is 0 Å². The van der Waals surface area contributed by atoms with E-state index in [4.69, 9.17) is 15.6 Å². The van der Waals surface area contributed by atoms with E-state index in [0.29, 0.717) is 17.4 Å². The highest BCUT2D eigenvalue weighted by molar-refractivity contribution is 5.97. The van der Waals surface area contributed by atoms with Crippen LogP contribution in [0.25, 0.3) is 0 Å². The number of benzene rings is 2. The SMILES string of the molecule is CC(C)c1cccc(Oc2ccc(NC(=O)[C@@](C)(N)CO)cc2)c1. The van der Waals surface area contributed by atoms with Crippen LogP contribution >= 0.6 is 0 Å². The summed E-state index contributed by atoms with van der Waals surface area (Å²) >= 11 is 0. The molecule has 1 atom stereocenters. The Hall–Kier alpha value is -2.37. The van der Waals surface area contributed by atoms with Crippen molar-refractivity contribution in [2.24, 2.45) is 5.73 Å². The molecule has 0 aliphatic carbocycles. The molecule has 2 rings (SSSR count). The number of anilines is 1. The van der Waals surface area contributed by atoms with Crippen molar-refractivity contribution in [2.75, 3.05) is 11.9 Å². The van der Waals surface area contributed by atoms with Gasteiger partial charge in [-0.25, -0.2) is 0 Å². The van der Waals surface area contributed by atoms with Crippen LogP contribution in [0.15, 0.2) is 48.5 Å². The van der Waals surface area contributed by atoms with Gasteiger partial charge >= 0.3 is 0 Å². The third kappa shape index (κ3) is 4.57. The minimum Gasteiger partial charge on any atom is -0.457 e. The smallest absolute Gasteiger partial charge is 0.246 e. The largest absolute Gasteiger partial charge is 0.457 e. The van der Waals surface area contributed by atoms with E-state index in [2.05, 4.69) is 25.2 Å². The predicted molar refractivity (Wildman–Crippen MR) is 95.4 cm³/mol. The Kier molecular flexibility index (Phi) is 5.59. The summed E-state index contributed by atoms with van der Waals surface area (Å²) in [4.78, 5) is 11.9. The Morgan fingerprint density at radius 1 is 1.21 bits per heavy atom. The molecule has 2 aromatic rings. The lowest BCUT2D eigenvalue weighted by Crippen LogP contribution is -2.51. The zero-order chi connectivity index (χ0) is 17.7. The van der Waals surface area contributed by atoms with Crippen molar-refractivity contribution < 1.29 is 14.6 Å². The number of ether oxygens (including phenoxy) is 1. The third-order valence-corrected chi connectivity index (χ3v) is 3.72. The van der Waals surface area contributed by atoms with Gasteiger partial charge in [0.05, 0.1) is 6.61 Å². The van der Waals surface area contributed by atoms with E-state index < -0.39 is 18.1 Å². The fraction of sp³-hybridized carbons (Fsp3) is 0.316. The average molecular weight is 328 g/mol. The van der Waals surface area contributed by atoms with E-state index in [-0.39, 0.29) is 0 Å². The van der Waals surface area contributed by atoms with E-state index >= 15 is 0 Å². The number of amides is 1. The van der Waals surface area contributed by atoms with Gasteiger partial charge in [-0.2, -0.15) is 0 Å². The molecule has 0 bridgehead atoms. The molecule has 0 aliphatic rings. The Morgan fingerprint density at radius 2 is 1.88 bits per heavy atom. The lowest BCUT2D eigenvalue weighted by Gasteiger charge is -2.20. The molecule has 0 aromatic heterocycles. The molecule has 0 saturated heterocycles. The predicted octanol–water partition coefficient (Wildman–Crippen LogP) is 3.25. The van der Waals surface area contributed by atoms with Crippen LogP contribution in [0.5, 0.6) is 11.5 Å². The maximum atomic E-state index is 11.9. The first-order valence-electron chi connectivity index (χ1n) is 7.91. The Morgan fingerprint density at radius 3 is 2.46 bits per heavy atom. The van der Waals surface area contributed by atoms with Crippen LogP contribution in [0.2, 0.25) is 0 Å². The zero-order valence-electron chi connectivity index (χ0n) is 14.2. The summed E-state index contributed by atoms with van der Waals surface area (Å²) in [5, 5.41) is 11.8. The van der Waals surface area contributed by atoms with Crippen LogP contribution in [-0.2, 0) is 4.79 Å². The number of aliphatic hydroxyl groups is 1. The van der Waals surface area contributed by atoms with Crippen LogP contribution in [0, 0.1) is 0 Å². The van der Waals surface area contributed by atoms with E-state index in [1.54, 1.807) is 24.3 Å². The Labute approximate surface area is 142 Å². The molecule has 0 saturated carbocycles. The molecule has 2 aromatic carbocycles. The van der Waals surface area contributed by atoms with Crippen molar-refractivity contribution >= 4 is 11.6 Å². The minimum atomic E-state index is -1.31. The number of nitrogens with two attached hydrogens (primary N) is 1. The monoisotopic (exact) mass is 328 g/mol. The summed E-state index contributed by atoms with van der Waals surface area (Å²) in [6.45, 7) is 5.32. The van der Waals surface area contributed by atoms with Gasteiger partial charge in [0.15, 0.2) is 0 Å². The number of rotatable bonds is 6. The Bertz CT molecular complexity index is 694. The maximum Gasteiger partial charge on any atom is 0.246 e. The van der Waals surface area contributed by atoms with Crippen molar-refractivity contribution in [2.45, 2.75) is 32.2 Å². The summed E-state index contributed by atoms with van der Waals surface area (Å²) < 4.78 is 5.84. The molecule has 0 heterocycles. The number of hydrogen-bond donors (Lipinski definition) is 3. The van der Waals surface area contributed by atoms with Gasteiger partial charge in [0.2, 0.25) is 5.91 Å². The molecule has 24 heavy (non-hydrogen) atoms. The van der Waals surface area contributed by atoms with Crippen LogP contribution in [0.1, 0.15) is 32.3 Å².